The molecule has 1 saturated heterocycles. The van der Waals surface area contributed by atoms with E-state index in [-0.39, 0.29) is 30.1 Å². The van der Waals surface area contributed by atoms with Crippen LogP contribution < -0.4 is 20.9 Å². The number of hydrogen-bond acceptors (Lipinski definition) is 3. The van der Waals surface area contributed by atoms with Crippen LogP contribution in [0.4, 0.5) is 33.7 Å². The molecule has 1 aliphatic carbocycles. The van der Waals surface area contributed by atoms with Gasteiger partial charge in [0, 0.05) is 17.4 Å². The van der Waals surface area contributed by atoms with Crippen molar-refractivity contribution in [3.8, 4) is 0 Å². The number of halogens is 5. The van der Waals surface area contributed by atoms with Crippen molar-refractivity contribution in [2.75, 3.05) is 16.8 Å². The Hall–Kier alpha value is -2.85. The molecule has 0 aromatic heterocycles. The van der Waals surface area contributed by atoms with E-state index in [1.54, 1.807) is 0 Å². The fourth-order valence-electron chi connectivity index (χ4n) is 4.52. The Morgan fingerprint density at radius 2 is 1.82 bits per heavy atom. The number of carbonyl (C=O) groups is 2. The Morgan fingerprint density at radius 1 is 1.12 bits per heavy atom. The van der Waals surface area contributed by atoms with Gasteiger partial charge < -0.3 is 10.6 Å². The molecule has 1 heterocycles. The lowest BCUT2D eigenvalue weighted by molar-refractivity contribution is -0.137. The number of alkyl halides is 3. The summed E-state index contributed by atoms with van der Waals surface area (Å²) < 4.78 is 52.7. The zero-order chi connectivity index (χ0) is 24.5. The van der Waals surface area contributed by atoms with Crippen molar-refractivity contribution in [3.05, 3.63) is 58.9 Å². The van der Waals surface area contributed by atoms with Gasteiger partial charge in [0.15, 0.2) is 0 Å². The number of rotatable bonds is 4. The molecule has 1 saturated carbocycles. The summed E-state index contributed by atoms with van der Waals surface area (Å²) in [5.74, 6) is -0.750. The van der Waals surface area contributed by atoms with Crippen LogP contribution in [0.2, 0.25) is 5.02 Å². The number of nitrogens with zero attached hydrogens (tertiary/aromatic N) is 1. The Morgan fingerprint density at radius 3 is 2.53 bits per heavy atom. The predicted molar refractivity (Wildman–Crippen MR) is 120 cm³/mol. The average molecular weight is 499 g/mol. The zero-order valence-electron chi connectivity index (χ0n) is 18.0. The maximum absolute atomic E-state index is 13.4. The number of benzene rings is 2. The Kier molecular flexibility index (Phi) is 6.99. The molecule has 3 amide bonds. The number of nitrogens with one attached hydrogen (secondary N) is 3. The van der Waals surface area contributed by atoms with E-state index in [2.05, 4.69) is 16.0 Å². The van der Waals surface area contributed by atoms with Crippen molar-refractivity contribution in [2.45, 2.75) is 44.1 Å². The molecule has 182 valence electrons. The number of anilines is 2. The molecule has 11 heteroatoms. The van der Waals surface area contributed by atoms with Crippen LogP contribution in [0.3, 0.4) is 0 Å². The minimum Gasteiger partial charge on any atom is -0.334 e. The Labute approximate surface area is 198 Å². The van der Waals surface area contributed by atoms with Crippen molar-refractivity contribution in [1.29, 1.82) is 0 Å². The molecule has 0 radical (unpaired) electrons. The number of fused-ring (bicyclic) bond motifs is 1. The van der Waals surface area contributed by atoms with Crippen molar-refractivity contribution >= 4 is 34.9 Å². The van der Waals surface area contributed by atoms with E-state index in [0.29, 0.717) is 5.69 Å². The fraction of sp³-hybridized carbons (Fsp3) is 0.391. The SMILES string of the molecule is O=C(NCC1NC2CCCCC2C(=O)N1c1ccc(F)cc1)Nc1ccc(Cl)c(C(F)(F)F)c1. The van der Waals surface area contributed by atoms with E-state index < -0.39 is 34.8 Å². The van der Waals surface area contributed by atoms with Crippen LogP contribution in [-0.2, 0) is 11.0 Å². The predicted octanol–water partition coefficient (Wildman–Crippen LogP) is 5.14. The largest absolute Gasteiger partial charge is 0.417 e. The molecule has 2 aliphatic rings. The Balaban J connectivity index is 1.48. The van der Waals surface area contributed by atoms with Gasteiger partial charge in [-0.1, -0.05) is 24.4 Å². The monoisotopic (exact) mass is 498 g/mol. The van der Waals surface area contributed by atoms with Gasteiger partial charge in [0.05, 0.1) is 23.0 Å². The number of carbonyl (C=O) groups excluding carboxylic acids is 2. The molecule has 0 spiro atoms. The van der Waals surface area contributed by atoms with Crippen LogP contribution in [0.15, 0.2) is 42.5 Å². The fourth-order valence-corrected chi connectivity index (χ4v) is 4.75. The molecular weight excluding hydrogens is 476 g/mol. The highest BCUT2D eigenvalue weighted by atomic mass is 35.5. The zero-order valence-corrected chi connectivity index (χ0v) is 18.7. The third-order valence-electron chi connectivity index (χ3n) is 6.13. The summed E-state index contributed by atoms with van der Waals surface area (Å²) in [4.78, 5) is 27.2. The summed E-state index contributed by atoms with van der Waals surface area (Å²) in [6, 6.07) is 7.79. The summed E-state index contributed by atoms with van der Waals surface area (Å²) in [7, 11) is 0. The van der Waals surface area contributed by atoms with Gasteiger partial charge in [-0.25, -0.2) is 9.18 Å². The van der Waals surface area contributed by atoms with Crippen LogP contribution in [0.5, 0.6) is 0 Å². The third-order valence-corrected chi connectivity index (χ3v) is 6.46. The molecule has 34 heavy (non-hydrogen) atoms. The van der Waals surface area contributed by atoms with Crippen molar-refractivity contribution < 1.29 is 27.2 Å². The van der Waals surface area contributed by atoms with E-state index >= 15 is 0 Å². The van der Waals surface area contributed by atoms with Gasteiger partial charge in [0.1, 0.15) is 12.0 Å². The van der Waals surface area contributed by atoms with E-state index in [4.69, 9.17) is 11.6 Å². The first-order valence-electron chi connectivity index (χ1n) is 10.9. The second kappa shape index (κ2) is 9.79. The average Bonchev–Trinajstić information content (AvgIpc) is 2.79. The molecule has 3 unspecified atom stereocenters. The summed E-state index contributed by atoms with van der Waals surface area (Å²) >= 11 is 5.62. The molecule has 4 rings (SSSR count). The van der Waals surface area contributed by atoms with Crippen LogP contribution in [0, 0.1) is 11.7 Å². The van der Waals surface area contributed by atoms with Gasteiger partial charge in [0.2, 0.25) is 5.91 Å². The quantitative estimate of drug-likeness (QED) is 0.511. The van der Waals surface area contributed by atoms with Crippen molar-refractivity contribution in [1.82, 2.24) is 10.6 Å². The first-order valence-corrected chi connectivity index (χ1v) is 11.3. The summed E-state index contributed by atoms with van der Waals surface area (Å²) in [6.07, 6.45) is -1.79. The molecule has 2 aromatic rings. The highest BCUT2D eigenvalue weighted by Gasteiger charge is 2.43. The van der Waals surface area contributed by atoms with E-state index in [0.717, 1.165) is 37.8 Å². The van der Waals surface area contributed by atoms with Crippen LogP contribution in [0.1, 0.15) is 31.2 Å². The lowest BCUT2D eigenvalue weighted by atomic mass is 9.81. The molecule has 1 aliphatic heterocycles. The standard InChI is InChI=1S/C23H23ClF4N4O2/c24-18-10-7-14(11-17(18)23(26,27)28)30-22(34)29-12-20-31-19-4-2-1-3-16(19)21(33)32(20)15-8-5-13(25)6-9-15/h5-11,16,19-20,31H,1-4,12H2,(H2,29,30,34). The lowest BCUT2D eigenvalue weighted by Gasteiger charge is -2.46. The molecular formula is C23H23ClF4N4O2. The summed E-state index contributed by atoms with van der Waals surface area (Å²) in [6.45, 7) is -0.0160. The van der Waals surface area contributed by atoms with E-state index in [1.807, 2.05) is 0 Å². The molecule has 2 fully saturated rings. The lowest BCUT2D eigenvalue weighted by Crippen LogP contribution is -2.66. The van der Waals surface area contributed by atoms with Gasteiger partial charge in [-0.2, -0.15) is 13.2 Å². The van der Waals surface area contributed by atoms with Crippen LogP contribution >= 0.6 is 11.6 Å². The third kappa shape index (κ3) is 5.28. The highest BCUT2D eigenvalue weighted by Crippen LogP contribution is 2.36. The molecule has 3 atom stereocenters. The van der Waals surface area contributed by atoms with Crippen molar-refractivity contribution in [2.24, 2.45) is 5.92 Å². The minimum atomic E-state index is -4.66. The molecule has 3 N–H and O–H groups in total. The number of amides is 3. The Bertz CT molecular complexity index is 1060. The smallest absolute Gasteiger partial charge is 0.334 e. The van der Waals surface area contributed by atoms with Gasteiger partial charge in [-0.15, -0.1) is 0 Å². The summed E-state index contributed by atoms with van der Waals surface area (Å²) in [5, 5.41) is 7.90. The van der Waals surface area contributed by atoms with E-state index in [9.17, 15) is 27.2 Å². The maximum atomic E-state index is 13.4. The normalized spacial score (nSPS) is 22.8. The van der Waals surface area contributed by atoms with Crippen LogP contribution in [0.25, 0.3) is 0 Å². The van der Waals surface area contributed by atoms with Gasteiger partial charge >= 0.3 is 12.2 Å². The van der Waals surface area contributed by atoms with Gasteiger partial charge in [0.25, 0.3) is 0 Å². The topological polar surface area (TPSA) is 73.5 Å². The second-order valence-electron chi connectivity index (χ2n) is 8.39. The van der Waals surface area contributed by atoms with Crippen molar-refractivity contribution in [3.63, 3.8) is 0 Å². The first-order chi connectivity index (χ1) is 16.1. The van der Waals surface area contributed by atoms with Gasteiger partial charge in [-0.05, 0) is 55.3 Å². The second-order valence-corrected chi connectivity index (χ2v) is 8.80. The molecule has 2 aromatic carbocycles. The summed E-state index contributed by atoms with van der Waals surface area (Å²) in [5.41, 5.74) is -0.648. The highest BCUT2D eigenvalue weighted by molar-refractivity contribution is 6.31. The first kappa shape index (κ1) is 24.3. The molecule has 0 bridgehead atoms. The van der Waals surface area contributed by atoms with E-state index in [1.165, 1.54) is 35.2 Å². The maximum Gasteiger partial charge on any atom is 0.417 e. The van der Waals surface area contributed by atoms with Crippen LogP contribution in [-0.4, -0.2) is 30.7 Å². The minimum absolute atomic E-state index is 0.0160. The molecule has 6 nitrogen and oxygen atoms in total. The van der Waals surface area contributed by atoms with Gasteiger partial charge in [-0.3, -0.25) is 15.0 Å². The number of hydrogen-bond donors (Lipinski definition) is 3. The number of urea groups is 1.